The zero-order valence-electron chi connectivity index (χ0n) is 11.3. The fourth-order valence-corrected chi connectivity index (χ4v) is 2.38. The number of likely N-dealkylation sites (tertiary alicyclic amines) is 1. The molecule has 6 heteroatoms. The number of carbonyl (C=O) groups is 2. The predicted octanol–water partition coefficient (Wildman–Crippen LogP) is 1.31. The fraction of sp³-hybridized carbons (Fsp3) is 0.429. The molecule has 1 aromatic carbocycles. The Labute approximate surface area is 122 Å². The normalized spacial score (nSPS) is 15.7. The van der Waals surface area contributed by atoms with Gasteiger partial charge in [-0.1, -0.05) is 23.7 Å². The number of carboxylic acids is 1. The summed E-state index contributed by atoms with van der Waals surface area (Å²) < 4.78 is 0. The van der Waals surface area contributed by atoms with Crippen LogP contribution in [0.15, 0.2) is 24.3 Å². The number of amides is 1. The molecule has 0 bridgehead atoms. The molecule has 1 amide bonds. The highest BCUT2D eigenvalue weighted by Gasteiger charge is 2.33. The van der Waals surface area contributed by atoms with E-state index in [9.17, 15) is 9.59 Å². The summed E-state index contributed by atoms with van der Waals surface area (Å²) in [5, 5.41) is 9.43. The second kappa shape index (κ2) is 6.24. The van der Waals surface area contributed by atoms with E-state index < -0.39 is 5.97 Å². The van der Waals surface area contributed by atoms with Crippen LogP contribution in [0.2, 0.25) is 5.02 Å². The molecule has 1 fully saturated rings. The number of nitrogens with zero attached hydrogens (tertiary/aromatic N) is 2. The third-order valence-electron chi connectivity index (χ3n) is 3.40. The van der Waals surface area contributed by atoms with Gasteiger partial charge in [0, 0.05) is 31.7 Å². The molecule has 0 aromatic heterocycles. The molecule has 0 unspecified atom stereocenters. The highest BCUT2D eigenvalue weighted by atomic mass is 35.5. The third kappa shape index (κ3) is 3.71. The van der Waals surface area contributed by atoms with Crippen molar-refractivity contribution in [3.63, 3.8) is 0 Å². The number of hydrogen-bond acceptors (Lipinski definition) is 3. The van der Waals surface area contributed by atoms with Gasteiger partial charge in [-0.05, 0) is 17.7 Å². The first-order valence-electron chi connectivity index (χ1n) is 6.39. The van der Waals surface area contributed by atoms with Gasteiger partial charge in [-0.15, -0.1) is 0 Å². The topological polar surface area (TPSA) is 60.9 Å². The van der Waals surface area contributed by atoms with Crippen LogP contribution in [0.1, 0.15) is 5.56 Å². The van der Waals surface area contributed by atoms with Crippen molar-refractivity contribution in [3.05, 3.63) is 34.9 Å². The Morgan fingerprint density at radius 3 is 2.75 bits per heavy atom. The van der Waals surface area contributed by atoms with E-state index in [4.69, 9.17) is 16.7 Å². The molecule has 108 valence electrons. The average molecular weight is 297 g/mol. The molecule has 0 spiro atoms. The molecule has 0 atom stereocenters. The lowest BCUT2D eigenvalue weighted by Gasteiger charge is -2.36. The highest BCUT2D eigenvalue weighted by molar-refractivity contribution is 6.30. The van der Waals surface area contributed by atoms with E-state index in [1.807, 2.05) is 23.1 Å². The second-order valence-electron chi connectivity index (χ2n) is 5.11. The van der Waals surface area contributed by atoms with Crippen LogP contribution in [-0.4, -0.2) is 53.5 Å². The molecule has 1 saturated heterocycles. The Hall–Kier alpha value is -1.59. The Bertz CT molecular complexity index is 515. The quantitative estimate of drug-likeness (QED) is 0.890. The van der Waals surface area contributed by atoms with Crippen LogP contribution < -0.4 is 0 Å². The van der Waals surface area contributed by atoms with E-state index in [1.165, 1.54) is 0 Å². The summed E-state index contributed by atoms with van der Waals surface area (Å²) in [5.74, 6) is -1.14. The molecule has 5 nitrogen and oxygen atoms in total. The van der Waals surface area contributed by atoms with E-state index >= 15 is 0 Å². The van der Waals surface area contributed by atoms with Crippen LogP contribution in [0.3, 0.4) is 0 Å². The molecule has 1 heterocycles. The minimum Gasteiger partial charge on any atom is -0.481 e. The molecule has 0 radical (unpaired) electrons. The van der Waals surface area contributed by atoms with Crippen molar-refractivity contribution in [2.75, 3.05) is 26.7 Å². The van der Waals surface area contributed by atoms with Crippen LogP contribution in [0.5, 0.6) is 0 Å². The number of aliphatic carboxylic acids is 1. The summed E-state index contributed by atoms with van der Waals surface area (Å²) in [6, 6.07) is 7.39. The smallest absolute Gasteiger partial charge is 0.309 e. The van der Waals surface area contributed by atoms with E-state index in [0.717, 1.165) is 5.56 Å². The Morgan fingerprint density at radius 2 is 2.15 bits per heavy atom. The zero-order valence-corrected chi connectivity index (χ0v) is 12.0. The molecule has 1 N–H and O–H groups in total. The lowest BCUT2D eigenvalue weighted by atomic mass is 10.0. The van der Waals surface area contributed by atoms with Gasteiger partial charge in [-0.25, -0.2) is 0 Å². The predicted molar refractivity (Wildman–Crippen MR) is 75.5 cm³/mol. The molecule has 2 rings (SSSR count). The number of likely N-dealkylation sites (N-methyl/N-ethyl adjacent to an activating group) is 1. The van der Waals surface area contributed by atoms with Crippen LogP contribution in [0, 0.1) is 5.92 Å². The summed E-state index contributed by atoms with van der Waals surface area (Å²) in [5.41, 5.74) is 0.973. The van der Waals surface area contributed by atoms with Crippen LogP contribution >= 0.6 is 11.6 Å². The molecule has 1 aliphatic heterocycles. The third-order valence-corrected chi connectivity index (χ3v) is 3.63. The van der Waals surface area contributed by atoms with Gasteiger partial charge in [0.2, 0.25) is 5.91 Å². The number of carboxylic acid groups (broad SMARTS) is 1. The highest BCUT2D eigenvalue weighted by Crippen LogP contribution is 2.16. The van der Waals surface area contributed by atoms with E-state index in [0.29, 0.717) is 24.7 Å². The maximum absolute atomic E-state index is 12.0. The van der Waals surface area contributed by atoms with Crippen molar-refractivity contribution in [3.8, 4) is 0 Å². The minimum atomic E-state index is -0.791. The summed E-state index contributed by atoms with van der Waals surface area (Å²) >= 11 is 5.90. The molecule has 0 aliphatic carbocycles. The van der Waals surface area contributed by atoms with E-state index in [-0.39, 0.29) is 18.4 Å². The first-order valence-corrected chi connectivity index (χ1v) is 6.77. The van der Waals surface area contributed by atoms with Crippen LogP contribution in [0.4, 0.5) is 0 Å². The van der Waals surface area contributed by atoms with Crippen molar-refractivity contribution in [2.24, 2.45) is 5.92 Å². The number of carbonyl (C=O) groups excluding carboxylic acids is 1. The first kappa shape index (κ1) is 14.8. The molecular weight excluding hydrogens is 280 g/mol. The lowest BCUT2D eigenvalue weighted by molar-refractivity contribution is -0.149. The van der Waals surface area contributed by atoms with Crippen molar-refractivity contribution in [1.29, 1.82) is 0 Å². The summed E-state index contributed by atoms with van der Waals surface area (Å²) in [6.45, 7) is 1.66. The SMILES string of the molecule is CN(Cc1cccc(Cl)c1)C(=O)CN1CC(C(=O)O)C1. The largest absolute Gasteiger partial charge is 0.481 e. The molecule has 1 aliphatic rings. The second-order valence-corrected chi connectivity index (χ2v) is 5.55. The van der Waals surface area contributed by atoms with Gasteiger partial charge in [-0.2, -0.15) is 0 Å². The number of hydrogen-bond donors (Lipinski definition) is 1. The van der Waals surface area contributed by atoms with E-state index in [2.05, 4.69) is 0 Å². The standard InChI is InChI=1S/C14H17ClN2O3/c1-16(6-10-3-2-4-12(15)5-10)13(18)9-17-7-11(8-17)14(19)20/h2-5,11H,6-9H2,1H3,(H,19,20). The van der Waals surface area contributed by atoms with Gasteiger partial charge >= 0.3 is 5.97 Å². The maximum Gasteiger partial charge on any atom is 0.309 e. The average Bonchev–Trinajstić information content (AvgIpc) is 2.32. The van der Waals surface area contributed by atoms with Gasteiger partial charge < -0.3 is 10.0 Å². The van der Waals surface area contributed by atoms with Gasteiger partial charge in [-0.3, -0.25) is 14.5 Å². The van der Waals surface area contributed by atoms with Gasteiger partial charge in [0.25, 0.3) is 0 Å². The molecule has 0 saturated carbocycles. The number of benzene rings is 1. The zero-order chi connectivity index (χ0) is 14.7. The summed E-state index contributed by atoms with van der Waals surface area (Å²) in [4.78, 5) is 26.2. The molecule has 1 aromatic rings. The molecule has 20 heavy (non-hydrogen) atoms. The fourth-order valence-electron chi connectivity index (χ4n) is 2.16. The van der Waals surface area contributed by atoms with Gasteiger partial charge in [0.05, 0.1) is 12.5 Å². The Kier molecular flexibility index (Phi) is 4.62. The first-order chi connectivity index (χ1) is 9.45. The van der Waals surface area contributed by atoms with E-state index in [1.54, 1.807) is 18.0 Å². The number of rotatable bonds is 5. The monoisotopic (exact) mass is 296 g/mol. The number of halogens is 1. The maximum atomic E-state index is 12.0. The van der Waals surface area contributed by atoms with Crippen molar-refractivity contribution < 1.29 is 14.7 Å². The molecular formula is C14H17ClN2O3. The summed E-state index contributed by atoms with van der Waals surface area (Å²) in [6.07, 6.45) is 0. The lowest BCUT2D eigenvalue weighted by Crippen LogP contribution is -2.53. The minimum absolute atomic E-state index is 0.0196. The summed E-state index contributed by atoms with van der Waals surface area (Å²) in [7, 11) is 1.73. The van der Waals surface area contributed by atoms with Gasteiger partial charge in [0.15, 0.2) is 0 Å². The van der Waals surface area contributed by atoms with Crippen LogP contribution in [0.25, 0.3) is 0 Å². The van der Waals surface area contributed by atoms with Gasteiger partial charge in [0.1, 0.15) is 0 Å². The Balaban J connectivity index is 1.80. The van der Waals surface area contributed by atoms with Crippen LogP contribution in [-0.2, 0) is 16.1 Å². The Morgan fingerprint density at radius 1 is 1.45 bits per heavy atom. The van der Waals surface area contributed by atoms with Crippen molar-refractivity contribution in [1.82, 2.24) is 9.80 Å². The van der Waals surface area contributed by atoms with Crippen molar-refractivity contribution in [2.45, 2.75) is 6.54 Å². The van der Waals surface area contributed by atoms with Crippen molar-refractivity contribution >= 4 is 23.5 Å².